The van der Waals surface area contributed by atoms with E-state index < -0.39 is 40.8 Å². The molecule has 8 nitrogen and oxygen atoms in total. The first-order chi connectivity index (χ1) is 13.7. The summed E-state index contributed by atoms with van der Waals surface area (Å²) in [7, 11) is 0. The van der Waals surface area contributed by atoms with E-state index in [9.17, 15) is 24.6 Å². The Morgan fingerprint density at radius 1 is 1.34 bits per heavy atom. The zero-order valence-electron chi connectivity index (χ0n) is 16.5. The van der Waals surface area contributed by atoms with Gasteiger partial charge in [-0.15, -0.1) is 18.3 Å². The Morgan fingerprint density at radius 2 is 2.00 bits per heavy atom. The smallest absolute Gasteiger partial charge is 0.327 e. The number of carbonyl (C=O) groups excluding carboxylic acids is 2. The van der Waals surface area contributed by atoms with Gasteiger partial charge in [-0.1, -0.05) is 36.4 Å². The SMILES string of the molecule is C=CCNC(=O)N[C@@H](Cc1ccccc1)[C@H](O)C(=O)N1CSC(C)(C)[C@H]1C(=O)O. The lowest BCUT2D eigenvalue weighted by Gasteiger charge is -2.31. The Morgan fingerprint density at radius 3 is 2.59 bits per heavy atom. The molecule has 0 aromatic heterocycles. The molecule has 0 spiro atoms. The highest BCUT2D eigenvalue weighted by Gasteiger charge is 2.50. The van der Waals surface area contributed by atoms with Crippen LogP contribution in [0.2, 0.25) is 0 Å². The lowest BCUT2D eigenvalue weighted by atomic mass is 9.98. The number of carboxylic acids is 1. The standard InChI is InChI=1S/C20H27N3O5S/c1-4-10-21-19(28)22-14(11-13-8-6-5-7-9-13)15(24)17(25)23-12-29-20(2,3)16(23)18(26)27/h4-9,14-16,24H,1,10-12H2,2-3H3,(H,26,27)(H2,21,22,28)/t14-,15-,16+/m0/s1. The molecule has 3 atom stereocenters. The number of nitrogens with zero attached hydrogens (tertiary/aromatic N) is 1. The van der Waals surface area contributed by atoms with E-state index in [0.717, 1.165) is 5.56 Å². The van der Waals surface area contributed by atoms with Gasteiger partial charge < -0.3 is 25.7 Å². The number of nitrogens with one attached hydrogen (secondary N) is 2. The van der Waals surface area contributed by atoms with E-state index in [1.54, 1.807) is 13.8 Å². The van der Waals surface area contributed by atoms with Crippen LogP contribution in [0, 0.1) is 0 Å². The first-order valence-electron chi connectivity index (χ1n) is 9.22. The number of aliphatic hydroxyl groups is 1. The Labute approximate surface area is 174 Å². The lowest BCUT2D eigenvalue weighted by Crippen LogP contribution is -2.57. The van der Waals surface area contributed by atoms with Crippen molar-refractivity contribution < 1.29 is 24.6 Å². The highest BCUT2D eigenvalue weighted by Crippen LogP contribution is 2.39. The fourth-order valence-electron chi connectivity index (χ4n) is 3.22. The Kier molecular flexibility index (Phi) is 7.69. The number of benzene rings is 1. The molecule has 3 amide bonds. The van der Waals surface area contributed by atoms with Crippen molar-refractivity contribution in [1.29, 1.82) is 0 Å². The Hall–Kier alpha value is -2.52. The molecule has 158 valence electrons. The summed E-state index contributed by atoms with van der Waals surface area (Å²) in [6.07, 6.45) is 0.118. The maximum absolute atomic E-state index is 13.0. The first kappa shape index (κ1) is 22.8. The normalized spacial score (nSPS) is 19.8. The molecule has 0 saturated carbocycles. The van der Waals surface area contributed by atoms with E-state index in [1.807, 2.05) is 30.3 Å². The summed E-state index contributed by atoms with van der Waals surface area (Å²) in [6, 6.07) is 6.57. The average molecular weight is 422 g/mol. The Bertz CT molecular complexity index is 756. The molecule has 9 heteroatoms. The zero-order chi connectivity index (χ0) is 21.6. The van der Waals surface area contributed by atoms with Crippen molar-refractivity contribution in [3.63, 3.8) is 0 Å². The maximum Gasteiger partial charge on any atom is 0.327 e. The molecule has 1 aromatic rings. The first-order valence-corrected chi connectivity index (χ1v) is 10.2. The zero-order valence-corrected chi connectivity index (χ0v) is 17.3. The monoisotopic (exact) mass is 421 g/mol. The number of urea groups is 1. The average Bonchev–Trinajstić information content (AvgIpc) is 3.00. The number of aliphatic carboxylic acids is 1. The molecule has 4 N–H and O–H groups in total. The highest BCUT2D eigenvalue weighted by molar-refractivity contribution is 8.00. The summed E-state index contributed by atoms with van der Waals surface area (Å²) in [5.74, 6) is -1.70. The van der Waals surface area contributed by atoms with Crippen molar-refractivity contribution in [2.75, 3.05) is 12.4 Å². The molecule has 0 bridgehead atoms. The summed E-state index contributed by atoms with van der Waals surface area (Å²) in [5, 5.41) is 25.5. The van der Waals surface area contributed by atoms with Crippen LogP contribution >= 0.6 is 11.8 Å². The van der Waals surface area contributed by atoms with Gasteiger partial charge in [0.1, 0.15) is 6.04 Å². The van der Waals surface area contributed by atoms with Crippen LogP contribution in [0.3, 0.4) is 0 Å². The van der Waals surface area contributed by atoms with Gasteiger partial charge in [0, 0.05) is 11.3 Å². The number of thioether (sulfide) groups is 1. The van der Waals surface area contributed by atoms with Crippen molar-refractivity contribution in [1.82, 2.24) is 15.5 Å². The van der Waals surface area contributed by atoms with Crippen LogP contribution in [0.4, 0.5) is 4.79 Å². The molecule has 0 unspecified atom stereocenters. The summed E-state index contributed by atoms with van der Waals surface area (Å²) in [4.78, 5) is 38.0. The second-order valence-corrected chi connectivity index (χ2v) is 8.91. The maximum atomic E-state index is 13.0. The number of carboxylic acid groups (broad SMARTS) is 1. The summed E-state index contributed by atoms with van der Waals surface area (Å²) in [6.45, 7) is 7.25. The quantitative estimate of drug-likeness (QED) is 0.469. The lowest BCUT2D eigenvalue weighted by molar-refractivity contribution is -0.154. The number of hydrogen-bond donors (Lipinski definition) is 4. The third-order valence-corrected chi connectivity index (χ3v) is 6.09. The summed E-state index contributed by atoms with van der Waals surface area (Å²) >= 11 is 1.33. The molecule has 1 aromatic carbocycles. The van der Waals surface area contributed by atoms with Gasteiger partial charge in [0.25, 0.3) is 5.91 Å². The minimum atomic E-state index is -1.60. The van der Waals surface area contributed by atoms with E-state index in [4.69, 9.17) is 0 Å². The molecule has 1 saturated heterocycles. The molecule has 2 rings (SSSR count). The number of amides is 3. The van der Waals surface area contributed by atoms with Gasteiger partial charge in [0.15, 0.2) is 6.10 Å². The van der Waals surface area contributed by atoms with E-state index in [2.05, 4.69) is 17.2 Å². The number of carbonyl (C=O) groups is 3. The van der Waals surface area contributed by atoms with Gasteiger partial charge in [-0.05, 0) is 25.8 Å². The molecule has 29 heavy (non-hydrogen) atoms. The van der Waals surface area contributed by atoms with Gasteiger partial charge >= 0.3 is 12.0 Å². The van der Waals surface area contributed by atoms with Crippen LogP contribution in [0.5, 0.6) is 0 Å². The summed E-state index contributed by atoms with van der Waals surface area (Å²) in [5.41, 5.74) is 0.819. The van der Waals surface area contributed by atoms with E-state index in [0.29, 0.717) is 0 Å². The van der Waals surface area contributed by atoms with Crippen molar-refractivity contribution in [2.24, 2.45) is 0 Å². The molecule has 1 heterocycles. The van der Waals surface area contributed by atoms with Crippen LogP contribution in [-0.2, 0) is 16.0 Å². The number of hydrogen-bond acceptors (Lipinski definition) is 5. The predicted molar refractivity (Wildman–Crippen MR) is 111 cm³/mol. The van der Waals surface area contributed by atoms with Crippen LogP contribution < -0.4 is 10.6 Å². The van der Waals surface area contributed by atoms with E-state index >= 15 is 0 Å². The fraction of sp³-hybridized carbons (Fsp3) is 0.450. The topological polar surface area (TPSA) is 119 Å². The van der Waals surface area contributed by atoms with Crippen molar-refractivity contribution in [3.05, 3.63) is 48.6 Å². The predicted octanol–water partition coefficient (Wildman–Crippen LogP) is 1.21. The highest BCUT2D eigenvalue weighted by atomic mass is 32.2. The van der Waals surface area contributed by atoms with Gasteiger partial charge in [0.05, 0.1) is 11.9 Å². The minimum Gasteiger partial charge on any atom is -0.480 e. The van der Waals surface area contributed by atoms with Crippen molar-refractivity contribution in [2.45, 2.75) is 43.2 Å². The van der Waals surface area contributed by atoms with Crippen LogP contribution in [0.1, 0.15) is 19.4 Å². The molecule has 1 aliphatic rings. The van der Waals surface area contributed by atoms with Crippen molar-refractivity contribution in [3.8, 4) is 0 Å². The second kappa shape index (κ2) is 9.80. The van der Waals surface area contributed by atoms with Gasteiger partial charge in [-0.3, -0.25) is 4.79 Å². The largest absolute Gasteiger partial charge is 0.480 e. The molecular weight excluding hydrogens is 394 g/mol. The van der Waals surface area contributed by atoms with Gasteiger partial charge in [-0.25, -0.2) is 9.59 Å². The van der Waals surface area contributed by atoms with Gasteiger partial charge in [-0.2, -0.15) is 0 Å². The molecule has 0 aliphatic carbocycles. The number of rotatable bonds is 8. The minimum absolute atomic E-state index is 0.153. The molecular formula is C20H27N3O5S. The fourth-order valence-corrected chi connectivity index (χ4v) is 4.36. The van der Waals surface area contributed by atoms with Crippen LogP contribution in [0.15, 0.2) is 43.0 Å². The van der Waals surface area contributed by atoms with E-state index in [1.165, 1.54) is 22.7 Å². The Balaban J connectivity index is 2.21. The molecule has 1 fully saturated rings. The number of aliphatic hydroxyl groups excluding tert-OH is 1. The third kappa shape index (κ3) is 5.74. The second-order valence-electron chi connectivity index (χ2n) is 7.31. The molecule has 1 aliphatic heterocycles. The van der Waals surface area contributed by atoms with Gasteiger partial charge in [0.2, 0.25) is 0 Å². The third-order valence-electron chi connectivity index (χ3n) is 4.72. The summed E-state index contributed by atoms with van der Waals surface area (Å²) < 4.78 is -0.690. The van der Waals surface area contributed by atoms with E-state index in [-0.39, 0.29) is 18.8 Å². The van der Waals surface area contributed by atoms with Crippen LogP contribution in [-0.4, -0.2) is 68.4 Å². The van der Waals surface area contributed by atoms with Crippen LogP contribution in [0.25, 0.3) is 0 Å². The van der Waals surface area contributed by atoms with Crippen molar-refractivity contribution >= 4 is 29.7 Å². The molecule has 0 radical (unpaired) electrons.